The van der Waals surface area contributed by atoms with Gasteiger partial charge in [0, 0.05) is 12.6 Å². The summed E-state index contributed by atoms with van der Waals surface area (Å²) in [6.07, 6.45) is 0. The van der Waals surface area contributed by atoms with Crippen molar-refractivity contribution in [1.82, 2.24) is 4.90 Å². The first-order valence-electron chi connectivity index (χ1n) is 6.35. The molecule has 0 atom stereocenters. The molecule has 1 aromatic carbocycles. The van der Waals surface area contributed by atoms with E-state index in [1.807, 2.05) is 0 Å². The minimum absolute atomic E-state index is 0.0725. The number of benzene rings is 1. The number of likely N-dealkylation sites (N-methyl/N-ethyl adjacent to an activating group) is 1. The molecule has 0 saturated heterocycles. The summed E-state index contributed by atoms with van der Waals surface area (Å²) in [6.45, 7) is 6.88. The van der Waals surface area contributed by atoms with Crippen LogP contribution < -0.4 is 4.74 Å². The molecular formula is C13H20N2O4. The summed E-state index contributed by atoms with van der Waals surface area (Å²) in [5.74, 6) is 0.212. The fourth-order valence-electron chi connectivity index (χ4n) is 1.75. The van der Waals surface area contributed by atoms with E-state index < -0.39 is 4.92 Å². The van der Waals surface area contributed by atoms with Crippen molar-refractivity contribution in [2.45, 2.75) is 20.5 Å². The Kier molecular flexibility index (Phi) is 6.24. The summed E-state index contributed by atoms with van der Waals surface area (Å²) in [6, 6.07) is 4.40. The number of nitro groups is 1. The molecule has 0 heterocycles. The first-order valence-corrected chi connectivity index (χ1v) is 6.35. The van der Waals surface area contributed by atoms with Gasteiger partial charge in [-0.2, -0.15) is 0 Å². The summed E-state index contributed by atoms with van der Waals surface area (Å²) in [7, 11) is 0. The van der Waals surface area contributed by atoms with E-state index in [1.54, 1.807) is 0 Å². The number of rotatable bonds is 8. The van der Waals surface area contributed by atoms with Crippen LogP contribution in [0.25, 0.3) is 0 Å². The van der Waals surface area contributed by atoms with Gasteiger partial charge in [0.1, 0.15) is 6.61 Å². The van der Waals surface area contributed by atoms with Crippen LogP contribution in [0.1, 0.15) is 19.4 Å². The van der Waals surface area contributed by atoms with E-state index in [1.165, 1.54) is 18.2 Å². The van der Waals surface area contributed by atoms with E-state index >= 15 is 0 Å². The SMILES string of the molecule is CCN(CC)CCOc1cc(CO)ccc1[N+](=O)[O-]. The monoisotopic (exact) mass is 268 g/mol. The quantitative estimate of drug-likeness (QED) is 0.575. The highest BCUT2D eigenvalue weighted by Crippen LogP contribution is 2.27. The Balaban J connectivity index is 2.72. The van der Waals surface area contributed by atoms with Gasteiger partial charge in [-0.25, -0.2) is 0 Å². The lowest BCUT2D eigenvalue weighted by Crippen LogP contribution is -2.28. The third kappa shape index (κ3) is 4.50. The van der Waals surface area contributed by atoms with Gasteiger partial charge >= 0.3 is 5.69 Å². The number of aliphatic hydroxyl groups excluding tert-OH is 1. The van der Waals surface area contributed by atoms with Crippen LogP contribution in [0.15, 0.2) is 18.2 Å². The van der Waals surface area contributed by atoms with Crippen molar-refractivity contribution in [2.75, 3.05) is 26.2 Å². The average Bonchev–Trinajstić information content (AvgIpc) is 2.43. The van der Waals surface area contributed by atoms with Gasteiger partial charge in [0.2, 0.25) is 0 Å². The maximum absolute atomic E-state index is 10.9. The summed E-state index contributed by atoms with van der Waals surface area (Å²) >= 11 is 0. The summed E-state index contributed by atoms with van der Waals surface area (Å²) in [4.78, 5) is 12.6. The number of aliphatic hydroxyl groups is 1. The fourth-order valence-corrected chi connectivity index (χ4v) is 1.75. The molecule has 0 aliphatic rings. The lowest BCUT2D eigenvalue weighted by molar-refractivity contribution is -0.385. The number of nitrogens with zero attached hydrogens (tertiary/aromatic N) is 2. The molecule has 1 rings (SSSR count). The van der Waals surface area contributed by atoms with Gasteiger partial charge < -0.3 is 14.7 Å². The average molecular weight is 268 g/mol. The Morgan fingerprint density at radius 2 is 2.05 bits per heavy atom. The van der Waals surface area contributed by atoms with Gasteiger partial charge in [-0.3, -0.25) is 10.1 Å². The molecule has 0 spiro atoms. The smallest absolute Gasteiger partial charge is 0.310 e. The minimum Gasteiger partial charge on any atom is -0.485 e. The third-order valence-corrected chi connectivity index (χ3v) is 2.96. The molecule has 6 nitrogen and oxygen atoms in total. The van der Waals surface area contributed by atoms with E-state index in [4.69, 9.17) is 9.84 Å². The lowest BCUT2D eigenvalue weighted by Gasteiger charge is -2.18. The highest BCUT2D eigenvalue weighted by atomic mass is 16.6. The van der Waals surface area contributed by atoms with Gasteiger partial charge in [0.25, 0.3) is 0 Å². The number of nitro benzene ring substituents is 1. The molecule has 0 aliphatic carbocycles. The van der Waals surface area contributed by atoms with Crippen molar-refractivity contribution in [1.29, 1.82) is 0 Å². The van der Waals surface area contributed by atoms with Crippen molar-refractivity contribution in [2.24, 2.45) is 0 Å². The second-order valence-electron chi connectivity index (χ2n) is 4.09. The molecule has 19 heavy (non-hydrogen) atoms. The zero-order valence-corrected chi connectivity index (χ0v) is 11.3. The Morgan fingerprint density at radius 3 is 2.58 bits per heavy atom. The van der Waals surface area contributed by atoms with Crippen molar-refractivity contribution in [3.63, 3.8) is 0 Å². The van der Waals surface area contributed by atoms with Crippen LogP contribution in [-0.4, -0.2) is 41.2 Å². The van der Waals surface area contributed by atoms with Crippen molar-refractivity contribution >= 4 is 5.69 Å². The van der Waals surface area contributed by atoms with E-state index in [9.17, 15) is 10.1 Å². The first-order chi connectivity index (χ1) is 9.12. The van der Waals surface area contributed by atoms with Crippen molar-refractivity contribution in [3.05, 3.63) is 33.9 Å². The number of ether oxygens (including phenoxy) is 1. The maximum Gasteiger partial charge on any atom is 0.310 e. The normalized spacial score (nSPS) is 10.7. The van der Waals surface area contributed by atoms with Crippen LogP contribution in [0.2, 0.25) is 0 Å². The largest absolute Gasteiger partial charge is 0.485 e. The molecule has 0 bridgehead atoms. The van der Waals surface area contributed by atoms with Gasteiger partial charge in [-0.15, -0.1) is 0 Å². The van der Waals surface area contributed by atoms with E-state index in [-0.39, 0.29) is 18.0 Å². The zero-order valence-electron chi connectivity index (χ0n) is 11.3. The number of hydrogen-bond acceptors (Lipinski definition) is 5. The molecule has 1 aromatic rings. The molecule has 1 N–H and O–H groups in total. The minimum atomic E-state index is -0.478. The molecule has 0 fully saturated rings. The van der Waals surface area contributed by atoms with Crippen LogP contribution >= 0.6 is 0 Å². The van der Waals surface area contributed by atoms with Crippen LogP contribution in [-0.2, 0) is 6.61 Å². The topological polar surface area (TPSA) is 75.8 Å². The van der Waals surface area contributed by atoms with E-state index in [2.05, 4.69) is 18.7 Å². The van der Waals surface area contributed by atoms with Crippen LogP contribution in [0.4, 0.5) is 5.69 Å². The summed E-state index contributed by atoms with van der Waals surface area (Å²) in [5.41, 5.74) is 0.528. The Labute approximate surface area is 112 Å². The molecule has 0 unspecified atom stereocenters. The molecule has 0 saturated carbocycles. The summed E-state index contributed by atoms with van der Waals surface area (Å²) in [5, 5.41) is 19.9. The van der Waals surface area contributed by atoms with Crippen molar-refractivity contribution in [3.8, 4) is 5.75 Å². The summed E-state index contributed by atoms with van der Waals surface area (Å²) < 4.78 is 5.48. The Bertz CT molecular complexity index is 419. The standard InChI is InChI=1S/C13H20N2O4/c1-3-14(4-2)7-8-19-13-9-11(10-16)5-6-12(13)15(17)18/h5-6,9,16H,3-4,7-8,10H2,1-2H3. The zero-order chi connectivity index (χ0) is 14.3. The molecule has 6 heteroatoms. The molecule has 0 aromatic heterocycles. The molecule has 0 aliphatic heterocycles. The van der Waals surface area contributed by atoms with Crippen LogP contribution in [0.5, 0.6) is 5.75 Å². The second kappa shape index (κ2) is 7.70. The molecular weight excluding hydrogens is 248 g/mol. The Morgan fingerprint density at radius 1 is 1.37 bits per heavy atom. The highest BCUT2D eigenvalue weighted by molar-refractivity contribution is 5.48. The molecule has 0 radical (unpaired) electrons. The van der Waals surface area contributed by atoms with Gasteiger partial charge in [-0.1, -0.05) is 13.8 Å². The fraction of sp³-hybridized carbons (Fsp3) is 0.538. The highest BCUT2D eigenvalue weighted by Gasteiger charge is 2.15. The first kappa shape index (κ1) is 15.4. The van der Waals surface area contributed by atoms with Gasteiger partial charge in [0.05, 0.1) is 11.5 Å². The lowest BCUT2D eigenvalue weighted by atomic mass is 10.2. The number of hydrogen-bond donors (Lipinski definition) is 1. The van der Waals surface area contributed by atoms with Crippen molar-refractivity contribution < 1.29 is 14.8 Å². The van der Waals surface area contributed by atoms with E-state index in [0.717, 1.165) is 13.1 Å². The van der Waals surface area contributed by atoms with E-state index in [0.29, 0.717) is 18.7 Å². The third-order valence-electron chi connectivity index (χ3n) is 2.96. The molecule has 0 amide bonds. The second-order valence-corrected chi connectivity index (χ2v) is 4.09. The van der Waals surface area contributed by atoms with Crippen LogP contribution in [0, 0.1) is 10.1 Å². The maximum atomic E-state index is 10.9. The predicted octanol–water partition coefficient (Wildman–Crippen LogP) is 1.81. The van der Waals surface area contributed by atoms with Gasteiger partial charge in [0.15, 0.2) is 5.75 Å². The molecule has 106 valence electrons. The van der Waals surface area contributed by atoms with Gasteiger partial charge in [-0.05, 0) is 30.8 Å². The predicted molar refractivity (Wildman–Crippen MR) is 72.3 cm³/mol. The van der Waals surface area contributed by atoms with Crippen LogP contribution in [0.3, 0.4) is 0 Å². The Hall–Kier alpha value is -1.66.